The van der Waals surface area contributed by atoms with Gasteiger partial charge in [-0.15, -0.1) is 0 Å². The summed E-state index contributed by atoms with van der Waals surface area (Å²) in [5, 5.41) is 0. The molecule has 35 heavy (non-hydrogen) atoms. The maximum absolute atomic E-state index is 13.2. The topological polar surface area (TPSA) is 57.7 Å². The first-order valence-corrected chi connectivity index (χ1v) is 14.9. The van der Waals surface area contributed by atoms with Crippen molar-refractivity contribution in [3.63, 3.8) is 0 Å². The van der Waals surface area contributed by atoms with Crippen LogP contribution >= 0.6 is 0 Å². The maximum Gasteiger partial charge on any atom is 0.242 e. The van der Waals surface area contributed by atoms with E-state index in [4.69, 9.17) is 0 Å². The molecule has 3 aromatic rings. The predicted octanol–water partition coefficient (Wildman–Crippen LogP) is 4.25. The molecular formula is C28H32N2O3S2. The molecule has 2 aliphatic heterocycles. The molecule has 2 heterocycles. The zero-order valence-corrected chi connectivity index (χ0v) is 21.7. The van der Waals surface area contributed by atoms with Crippen LogP contribution in [0.3, 0.4) is 0 Å². The Balaban J connectivity index is 1.31. The van der Waals surface area contributed by atoms with Crippen LogP contribution in [-0.2, 0) is 26.2 Å². The number of likely N-dealkylation sites (N-methyl/N-ethyl adjacent to an activating group) is 1. The second-order valence-electron chi connectivity index (χ2n) is 9.77. The van der Waals surface area contributed by atoms with Gasteiger partial charge < -0.3 is 4.90 Å². The zero-order chi connectivity index (χ0) is 24.5. The maximum atomic E-state index is 13.2. The molecule has 0 N–H and O–H groups in total. The summed E-state index contributed by atoms with van der Waals surface area (Å²) in [5.74, 6) is 0.777. The molecule has 2 unspecified atom stereocenters. The highest BCUT2D eigenvalue weighted by molar-refractivity contribution is 7.89. The molecule has 3 aromatic carbocycles. The van der Waals surface area contributed by atoms with Crippen molar-refractivity contribution in [3.8, 4) is 0 Å². The fourth-order valence-corrected chi connectivity index (χ4v) is 8.67. The summed E-state index contributed by atoms with van der Waals surface area (Å²) in [4.78, 5) is 3.79. The van der Waals surface area contributed by atoms with E-state index in [0.717, 1.165) is 48.7 Å². The Morgan fingerprint density at radius 1 is 0.914 bits per heavy atom. The molecule has 1 saturated heterocycles. The minimum absolute atomic E-state index is 0.00758. The monoisotopic (exact) mass is 508 g/mol. The number of sulfonamides is 1. The third kappa shape index (κ3) is 4.87. The van der Waals surface area contributed by atoms with Crippen molar-refractivity contribution in [1.82, 2.24) is 9.21 Å². The van der Waals surface area contributed by atoms with Crippen molar-refractivity contribution < 1.29 is 12.6 Å². The van der Waals surface area contributed by atoms with Crippen LogP contribution in [-0.4, -0.2) is 60.8 Å². The summed E-state index contributed by atoms with van der Waals surface area (Å²) >= 11 is 0. The Bertz CT molecular complexity index is 1290. The quantitative estimate of drug-likeness (QED) is 0.479. The fourth-order valence-electron chi connectivity index (χ4n) is 5.57. The summed E-state index contributed by atoms with van der Waals surface area (Å²) in [6.07, 6.45) is 1.96. The fraction of sp³-hybridized carbons (Fsp3) is 0.357. The molecule has 1 spiro atoms. The van der Waals surface area contributed by atoms with E-state index in [-0.39, 0.29) is 11.3 Å². The van der Waals surface area contributed by atoms with Gasteiger partial charge in [0.1, 0.15) is 0 Å². The summed E-state index contributed by atoms with van der Waals surface area (Å²) in [7, 11) is -2.80. The summed E-state index contributed by atoms with van der Waals surface area (Å²) in [6.45, 7) is 3.04. The second kappa shape index (κ2) is 9.97. The van der Waals surface area contributed by atoms with Gasteiger partial charge in [-0.25, -0.2) is 12.7 Å². The van der Waals surface area contributed by atoms with Crippen molar-refractivity contribution in [2.75, 3.05) is 39.0 Å². The van der Waals surface area contributed by atoms with E-state index in [1.165, 1.54) is 9.87 Å². The molecule has 0 aliphatic carbocycles. The molecule has 5 rings (SSSR count). The summed E-state index contributed by atoms with van der Waals surface area (Å²) in [5.41, 5.74) is 2.43. The van der Waals surface area contributed by atoms with Gasteiger partial charge in [0.2, 0.25) is 10.0 Å². The minimum atomic E-state index is -3.56. The molecule has 7 heteroatoms. The van der Waals surface area contributed by atoms with E-state index in [1.807, 2.05) is 36.4 Å². The average Bonchev–Trinajstić information content (AvgIpc) is 3.17. The van der Waals surface area contributed by atoms with Crippen LogP contribution in [0.25, 0.3) is 0 Å². The van der Waals surface area contributed by atoms with Gasteiger partial charge in [0.05, 0.1) is 15.7 Å². The lowest BCUT2D eigenvalue weighted by molar-refractivity contribution is 0.159. The van der Waals surface area contributed by atoms with Crippen LogP contribution in [0.15, 0.2) is 94.7 Å². The van der Waals surface area contributed by atoms with E-state index < -0.39 is 20.8 Å². The van der Waals surface area contributed by atoms with E-state index in [2.05, 4.69) is 29.2 Å². The van der Waals surface area contributed by atoms with Crippen LogP contribution < -0.4 is 0 Å². The normalized spacial score (nSPS) is 20.7. The van der Waals surface area contributed by atoms with Crippen LogP contribution in [0.5, 0.6) is 0 Å². The van der Waals surface area contributed by atoms with Gasteiger partial charge in [0, 0.05) is 42.1 Å². The largest absolute Gasteiger partial charge is 0.303 e. The zero-order valence-electron chi connectivity index (χ0n) is 20.0. The highest BCUT2D eigenvalue weighted by atomic mass is 32.2. The predicted molar refractivity (Wildman–Crippen MR) is 141 cm³/mol. The van der Waals surface area contributed by atoms with Crippen LogP contribution in [0.1, 0.15) is 29.9 Å². The molecule has 2 aliphatic rings. The van der Waals surface area contributed by atoms with E-state index in [0.29, 0.717) is 11.4 Å². The highest BCUT2D eigenvalue weighted by Gasteiger charge is 2.44. The minimum Gasteiger partial charge on any atom is -0.303 e. The molecule has 0 bridgehead atoms. The number of likely N-dealkylation sites (tertiary alicyclic amines) is 1. The molecular weight excluding hydrogens is 476 g/mol. The SMILES string of the molecule is CN(CC(CN1CCC2(CC1)CS(=O)c1ccccc12)c1ccccc1)S(=O)(=O)c1ccccc1. The van der Waals surface area contributed by atoms with E-state index in [1.54, 1.807) is 31.3 Å². The van der Waals surface area contributed by atoms with Gasteiger partial charge in [0.15, 0.2) is 0 Å². The number of rotatable bonds is 7. The Hall–Kier alpha value is -2.32. The molecule has 1 fully saturated rings. The number of piperidine rings is 1. The van der Waals surface area contributed by atoms with Gasteiger partial charge in [-0.2, -0.15) is 0 Å². The van der Waals surface area contributed by atoms with Crippen LogP contribution in [0.4, 0.5) is 0 Å². The van der Waals surface area contributed by atoms with Gasteiger partial charge in [-0.05, 0) is 55.3 Å². The molecule has 184 valence electrons. The first-order valence-electron chi connectivity index (χ1n) is 12.2. The van der Waals surface area contributed by atoms with Crippen molar-refractivity contribution in [1.29, 1.82) is 0 Å². The number of hydrogen-bond donors (Lipinski definition) is 0. The Kier molecular flexibility index (Phi) is 6.95. The summed E-state index contributed by atoms with van der Waals surface area (Å²) < 4.78 is 40.6. The second-order valence-corrected chi connectivity index (χ2v) is 13.2. The third-order valence-electron chi connectivity index (χ3n) is 7.60. The average molecular weight is 509 g/mol. The van der Waals surface area contributed by atoms with Crippen molar-refractivity contribution in [2.24, 2.45) is 0 Å². The third-order valence-corrected chi connectivity index (χ3v) is 11.1. The van der Waals surface area contributed by atoms with Gasteiger partial charge in [-0.1, -0.05) is 66.7 Å². The Morgan fingerprint density at radius 3 is 2.20 bits per heavy atom. The van der Waals surface area contributed by atoms with Crippen LogP contribution in [0.2, 0.25) is 0 Å². The Labute approximate surface area is 211 Å². The summed E-state index contributed by atoms with van der Waals surface area (Å²) in [6, 6.07) is 27.1. The van der Waals surface area contributed by atoms with Crippen LogP contribution in [0, 0.1) is 0 Å². The highest BCUT2D eigenvalue weighted by Crippen LogP contribution is 2.45. The van der Waals surface area contributed by atoms with Gasteiger partial charge >= 0.3 is 0 Å². The van der Waals surface area contributed by atoms with E-state index >= 15 is 0 Å². The first kappa shape index (κ1) is 24.4. The van der Waals surface area contributed by atoms with Crippen molar-refractivity contribution >= 4 is 20.8 Å². The number of hydrogen-bond acceptors (Lipinski definition) is 4. The smallest absolute Gasteiger partial charge is 0.242 e. The number of fused-ring (bicyclic) bond motifs is 2. The molecule has 0 saturated carbocycles. The lowest BCUT2D eigenvalue weighted by atomic mass is 9.74. The molecule has 0 aromatic heterocycles. The number of benzene rings is 3. The van der Waals surface area contributed by atoms with E-state index in [9.17, 15) is 12.6 Å². The first-order chi connectivity index (χ1) is 16.9. The number of nitrogens with zero attached hydrogens (tertiary/aromatic N) is 2. The van der Waals surface area contributed by atoms with Gasteiger partial charge in [-0.3, -0.25) is 4.21 Å². The lowest BCUT2D eigenvalue weighted by Crippen LogP contribution is -2.45. The molecule has 5 nitrogen and oxygen atoms in total. The van der Waals surface area contributed by atoms with Crippen molar-refractivity contribution in [3.05, 3.63) is 96.1 Å². The standard InChI is InChI=1S/C28H32N2O3S2/c1-29(35(32,33)25-12-6-3-7-13-25)20-24(23-10-4-2-5-11-23)21-30-18-16-28(17-19-30)22-34(31)27-15-9-8-14-26(27)28/h2-15,24H,16-22H2,1H3. The van der Waals surface area contributed by atoms with Crippen molar-refractivity contribution in [2.45, 2.75) is 34.0 Å². The molecule has 2 atom stereocenters. The molecule has 0 amide bonds. The molecule has 0 radical (unpaired) electrons. The lowest BCUT2D eigenvalue weighted by Gasteiger charge is -2.41. The Morgan fingerprint density at radius 2 is 1.51 bits per heavy atom. The van der Waals surface area contributed by atoms with Gasteiger partial charge in [0.25, 0.3) is 0 Å².